The minimum absolute atomic E-state index is 0.102. The van der Waals surface area contributed by atoms with Crippen LogP contribution < -0.4 is 9.62 Å². The van der Waals surface area contributed by atoms with Crippen LogP contribution in [-0.4, -0.2) is 43.8 Å². The fourth-order valence-electron chi connectivity index (χ4n) is 5.04. The molecule has 0 radical (unpaired) electrons. The highest BCUT2D eigenvalue weighted by atomic mass is 32.2. The number of benzene rings is 3. The van der Waals surface area contributed by atoms with Gasteiger partial charge in [-0.3, -0.25) is 13.9 Å². The number of carbonyl (C=O) groups is 2. The molecule has 0 unspecified atom stereocenters. The smallest absolute Gasteiger partial charge is 0.264 e. The first kappa shape index (κ1) is 28.4. The number of para-hydroxylation sites is 1. The van der Waals surface area contributed by atoms with Crippen LogP contribution in [-0.2, 0) is 32.6 Å². The van der Waals surface area contributed by atoms with E-state index < -0.39 is 28.5 Å². The highest BCUT2D eigenvalue weighted by Gasteiger charge is 2.33. The molecule has 3 aromatic rings. The zero-order valence-corrected chi connectivity index (χ0v) is 23.4. The SMILES string of the molecule is CCc1ccccc1N(CC(=O)N(Cc1ccccc1)[C@@H](C)C(=O)NC1CCCC1)S(=O)(=O)c1ccccc1. The molecule has 1 aliphatic carbocycles. The first-order valence-electron chi connectivity index (χ1n) is 13.6. The van der Waals surface area contributed by atoms with Crippen molar-refractivity contribution in [1.82, 2.24) is 10.2 Å². The van der Waals surface area contributed by atoms with Gasteiger partial charge in [0.1, 0.15) is 12.6 Å². The molecule has 1 atom stereocenters. The third-order valence-corrected chi connectivity index (χ3v) is 9.09. The molecular weight excluding hydrogens is 510 g/mol. The molecule has 0 aromatic heterocycles. The summed E-state index contributed by atoms with van der Waals surface area (Å²) in [5.41, 5.74) is 2.13. The van der Waals surface area contributed by atoms with Crippen molar-refractivity contribution in [2.45, 2.75) is 69.5 Å². The second-order valence-corrected chi connectivity index (χ2v) is 11.8. The lowest BCUT2D eigenvalue weighted by Crippen LogP contribution is -2.52. The second kappa shape index (κ2) is 12.9. The summed E-state index contributed by atoms with van der Waals surface area (Å²) < 4.78 is 29.0. The zero-order valence-electron chi connectivity index (χ0n) is 22.6. The number of amides is 2. The Bertz CT molecular complexity index is 1360. The summed E-state index contributed by atoms with van der Waals surface area (Å²) >= 11 is 0. The fraction of sp³-hybridized carbons (Fsp3) is 0.355. The predicted octanol–water partition coefficient (Wildman–Crippen LogP) is 4.92. The quantitative estimate of drug-likeness (QED) is 0.369. The van der Waals surface area contributed by atoms with E-state index in [0.717, 1.165) is 36.8 Å². The van der Waals surface area contributed by atoms with Crippen LogP contribution >= 0.6 is 0 Å². The topological polar surface area (TPSA) is 86.8 Å². The molecule has 39 heavy (non-hydrogen) atoms. The van der Waals surface area contributed by atoms with Gasteiger partial charge >= 0.3 is 0 Å². The molecule has 8 heteroatoms. The highest BCUT2D eigenvalue weighted by molar-refractivity contribution is 7.92. The average Bonchev–Trinajstić information content (AvgIpc) is 3.48. The summed E-state index contributed by atoms with van der Waals surface area (Å²) in [4.78, 5) is 28.9. The lowest BCUT2D eigenvalue weighted by atomic mass is 10.1. The molecule has 1 aliphatic rings. The number of aryl methyl sites for hydroxylation is 1. The van der Waals surface area contributed by atoms with Crippen LogP contribution in [0.25, 0.3) is 0 Å². The summed E-state index contributed by atoms with van der Waals surface area (Å²) in [7, 11) is -4.07. The molecule has 4 rings (SSSR count). The number of carbonyl (C=O) groups excluding carboxylic acids is 2. The molecule has 2 amide bonds. The Labute approximate surface area is 231 Å². The largest absolute Gasteiger partial charge is 0.352 e. The summed E-state index contributed by atoms with van der Waals surface area (Å²) in [6, 6.07) is 24.1. The van der Waals surface area contributed by atoms with E-state index in [0.29, 0.717) is 12.1 Å². The Hall–Kier alpha value is -3.65. The summed E-state index contributed by atoms with van der Waals surface area (Å²) in [5.74, 6) is -0.670. The van der Waals surface area contributed by atoms with Crippen LogP contribution in [0.1, 0.15) is 50.7 Å². The summed E-state index contributed by atoms with van der Waals surface area (Å²) in [6.45, 7) is 3.42. The van der Waals surface area contributed by atoms with Gasteiger partial charge in [-0.15, -0.1) is 0 Å². The third kappa shape index (κ3) is 6.87. The molecule has 7 nitrogen and oxygen atoms in total. The van der Waals surface area contributed by atoms with Gasteiger partial charge in [0.2, 0.25) is 11.8 Å². The van der Waals surface area contributed by atoms with Crippen molar-refractivity contribution in [1.29, 1.82) is 0 Å². The van der Waals surface area contributed by atoms with Gasteiger partial charge in [-0.05, 0) is 55.5 Å². The first-order valence-corrected chi connectivity index (χ1v) is 15.0. The lowest BCUT2D eigenvalue weighted by Gasteiger charge is -2.33. The van der Waals surface area contributed by atoms with Crippen LogP contribution in [0.3, 0.4) is 0 Å². The van der Waals surface area contributed by atoms with E-state index in [4.69, 9.17) is 0 Å². The third-order valence-electron chi connectivity index (χ3n) is 7.32. The number of nitrogens with zero attached hydrogens (tertiary/aromatic N) is 2. The van der Waals surface area contributed by atoms with Gasteiger partial charge in [0.25, 0.3) is 10.0 Å². The molecule has 0 saturated heterocycles. The van der Waals surface area contributed by atoms with Gasteiger partial charge in [0.05, 0.1) is 10.6 Å². The number of sulfonamides is 1. The maximum atomic E-state index is 14.0. The molecule has 0 heterocycles. The minimum Gasteiger partial charge on any atom is -0.352 e. The molecule has 206 valence electrons. The number of nitrogens with one attached hydrogen (secondary N) is 1. The predicted molar refractivity (Wildman–Crippen MR) is 154 cm³/mol. The lowest BCUT2D eigenvalue weighted by molar-refractivity contribution is -0.139. The molecule has 0 spiro atoms. The fourth-order valence-corrected chi connectivity index (χ4v) is 6.51. The first-order chi connectivity index (χ1) is 18.8. The molecule has 1 saturated carbocycles. The van der Waals surface area contributed by atoms with E-state index in [2.05, 4.69) is 5.32 Å². The van der Waals surface area contributed by atoms with Crippen molar-refractivity contribution in [3.8, 4) is 0 Å². The number of rotatable bonds is 11. The standard InChI is InChI=1S/C31H37N3O4S/c1-3-26-16-10-13-21-29(26)34(39(37,38)28-19-8-5-9-20-28)23-30(35)33(22-25-14-6-4-7-15-25)24(2)31(36)32-27-17-11-12-18-27/h4-10,13-16,19-21,24,27H,3,11-12,17-18,22-23H2,1-2H3,(H,32,36)/t24-/m0/s1. The number of anilines is 1. The van der Waals surface area contributed by atoms with Crippen molar-refractivity contribution < 1.29 is 18.0 Å². The van der Waals surface area contributed by atoms with E-state index in [1.807, 2.05) is 49.4 Å². The van der Waals surface area contributed by atoms with Crippen LogP contribution in [0.4, 0.5) is 5.69 Å². The molecular formula is C31H37N3O4S. The van der Waals surface area contributed by atoms with Crippen molar-refractivity contribution in [2.24, 2.45) is 0 Å². The van der Waals surface area contributed by atoms with Crippen molar-refractivity contribution >= 4 is 27.5 Å². The second-order valence-electron chi connectivity index (χ2n) is 9.98. The van der Waals surface area contributed by atoms with Gasteiger partial charge in [-0.25, -0.2) is 8.42 Å². The van der Waals surface area contributed by atoms with E-state index in [1.54, 1.807) is 37.3 Å². The Morgan fingerprint density at radius 1 is 0.897 bits per heavy atom. The Kier molecular flexibility index (Phi) is 9.41. The molecule has 3 aromatic carbocycles. The molecule has 1 N–H and O–H groups in total. The maximum Gasteiger partial charge on any atom is 0.264 e. The number of hydrogen-bond acceptors (Lipinski definition) is 4. The van der Waals surface area contributed by atoms with Gasteiger partial charge in [0, 0.05) is 12.6 Å². The van der Waals surface area contributed by atoms with Gasteiger partial charge in [0.15, 0.2) is 0 Å². The van der Waals surface area contributed by atoms with Crippen LogP contribution in [0.2, 0.25) is 0 Å². The van der Waals surface area contributed by atoms with E-state index in [1.165, 1.54) is 21.3 Å². The monoisotopic (exact) mass is 547 g/mol. The van der Waals surface area contributed by atoms with Crippen molar-refractivity contribution in [3.63, 3.8) is 0 Å². The van der Waals surface area contributed by atoms with Crippen LogP contribution in [0, 0.1) is 0 Å². The Morgan fingerprint density at radius 3 is 2.13 bits per heavy atom. The Morgan fingerprint density at radius 2 is 1.49 bits per heavy atom. The van der Waals surface area contributed by atoms with Gasteiger partial charge in [-0.1, -0.05) is 86.5 Å². The summed E-state index contributed by atoms with van der Waals surface area (Å²) in [6.07, 6.45) is 4.62. The van der Waals surface area contributed by atoms with Crippen LogP contribution in [0.5, 0.6) is 0 Å². The van der Waals surface area contributed by atoms with E-state index >= 15 is 0 Å². The van der Waals surface area contributed by atoms with Gasteiger partial charge < -0.3 is 10.2 Å². The van der Waals surface area contributed by atoms with Gasteiger partial charge in [-0.2, -0.15) is 0 Å². The summed E-state index contributed by atoms with van der Waals surface area (Å²) in [5, 5.41) is 3.09. The zero-order chi connectivity index (χ0) is 27.8. The average molecular weight is 548 g/mol. The molecule has 0 bridgehead atoms. The van der Waals surface area contributed by atoms with Crippen molar-refractivity contribution in [3.05, 3.63) is 96.1 Å². The highest BCUT2D eigenvalue weighted by Crippen LogP contribution is 2.28. The minimum atomic E-state index is -4.07. The molecule has 0 aliphatic heterocycles. The molecule has 1 fully saturated rings. The van der Waals surface area contributed by atoms with Crippen molar-refractivity contribution in [2.75, 3.05) is 10.8 Å². The van der Waals surface area contributed by atoms with E-state index in [9.17, 15) is 18.0 Å². The number of hydrogen-bond donors (Lipinski definition) is 1. The maximum absolute atomic E-state index is 14.0. The Balaban J connectivity index is 1.69. The van der Waals surface area contributed by atoms with E-state index in [-0.39, 0.29) is 23.4 Å². The normalized spacial score (nSPS) is 14.5. The van der Waals surface area contributed by atoms with Crippen LogP contribution in [0.15, 0.2) is 89.8 Å².